The molecule has 1 aromatic rings. The van der Waals surface area contributed by atoms with Crippen molar-refractivity contribution in [3.05, 3.63) is 52.6 Å². The van der Waals surface area contributed by atoms with Gasteiger partial charge in [0.05, 0.1) is 0 Å². The van der Waals surface area contributed by atoms with Crippen molar-refractivity contribution in [2.24, 2.45) is 0 Å². The third-order valence-electron chi connectivity index (χ3n) is 2.46. The zero-order valence-electron chi connectivity index (χ0n) is 8.26. The Hall–Kier alpha value is -1.01. The van der Waals surface area contributed by atoms with Crippen molar-refractivity contribution in [1.82, 2.24) is 0 Å². The summed E-state index contributed by atoms with van der Waals surface area (Å²) in [6.45, 7) is 2.18. The van der Waals surface area contributed by atoms with Gasteiger partial charge in [-0.15, -0.1) is 0 Å². The second-order valence-electron chi connectivity index (χ2n) is 3.70. The molecule has 0 spiro atoms. The molecule has 1 aliphatic rings. The number of allylic oxidation sites excluding steroid dienone is 4. The van der Waals surface area contributed by atoms with Crippen LogP contribution < -0.4 is 0 Å². The first kappa shape index (κ1) is 9.54. The lowest BCUT2D eigenvalue weighted by molar-refractivity contribution is 0.966. The van der Waals surface area contributed by atoms with E-state index in [4.69, 9.17) is 11.6 Å². The smallest absolute Gasteiger partial charge is 0.0412 e. The van der Waals surface area contributed by atoms with Crippen LogP contribution in [0.2, 0.25) is 5.02 Å². The van der Waals surface area contributed by atoms with Crippen LogP contribution in [0, 0.1) is 0 Å². The van der Waals surface area contributed by atoms with Crippen molar-refractivity contribution in [2.75, 3.05) is 0 Å². The maximum absolute atomic E-state index is 5.95. The summed E-state index contributed by atoms with van der Waals surface area (Å²) in [7, 11) is 0. The molecule has 0 saturated carbocycles. The minimum atomic E-state index is 0.806. The average molecular weight is 205 g/mol. The molecule has 1 heteroatoms. The van der Waals surface area contributed by atoms with E-state index in [9.17, 15) is 0 Å². The molecule has 1 aliphatic carbocycles. The van der Waals surface area contributed by atoms with E-state index in [1.54, 1.807) is 0 Å². The van der Waals surface area contributed by atoms with Crippen LogP contribution in [0.3, 0.4) is 0 Å². The maximum atomic E-state index is 5.95. The molecule has 0 amide bonds. The van der Waals surface area contributed by atoms with Gasteiger partial charge in [0.25, 0.3) is 0 Å². The Labute approximate surface area is 89.9 Å². The fourth-order valence-electron chi connectivity index (χ4n) is 1.72. The molecule has 0 atom stereocenters. The Kier molecular flexibility index (Phi) is 2.74. The fraction of sp³-hybridized carbons (Fsp3) is 0.231. The van der Waals surface area contributed by atoms with E-state index in [1.165, 1.54) is 23.1 Å². The van der Waals surface area contributed by atoms with E-state index in [0.717, 1.165) is 11.4 Å². The summed E-state index contributed by atoms with van der Waals surface area (Å²) in [6, 6.07) is 8.02. The Bertz CT molecular complexity index is 399. The van der Waals surface area contributed by atoms with Crippen LogP contribution in [-0.2, 0) is 0 Å². The molecule has 0 aromatic heterocycles. The van der Waals surface area contributed by atoms with Gasteiger partial charge in [-0.25, -0.2) is 0 Å². The fourth-order valence-corrected chi connectivity index (χ4v) is 1.91. The molecule has 0 fully saturated rings. The standard InChI is InChI=1S/C13H13Cl/c1-10-4-2-5-11(8-10)12-6-3-7-13(14)9-12/h3,5-9H,2,4H2,1H3. The number of hydrogen-bond acceptors (Lipinski definition) is 0. The predicted molar refractivity (Wildman–Crippen MR) is 62.4 cm³/mol. The molecule has 2 rings (SSSR count). The number of halogens is 1. The molecule has 0 saturated heterocycles. The third-order valence-corrected chi connectivity index (χ3v) is 2.70. The molecule has 72 valence electrons. The number of benzene rings is 1. The minimum absolute atomic E-state index is 0.806. The van der Waals surface area contributed by atoms with Crippen LogP contribution in [0.1, 0.15) is 25.3 Å². The van der Waals surface area contributed by atoms with Crippen molar-refractivity contribution >= 4 is 17.2 Å². The van der Waals surface area contributed by atoms with Crippen LogP contribution in [0.25, 0.3) is 5.57 Å². The maximum Gasteiger partial charge on any atom is 0.0412 e. The molecule has 14 heavy (non-hydrogen) atoms. The van der Waals surface area contributed by atoms with Gasteiger partial charge in [-0.3, -0.25) is 0 Å². The van der Waals surface area contributed by atoms with E-state index in [2.05, 4.69) is 25.1 Å². The first-order chi connectivity index (χ1) is 6.75. The van der Waals surface area contributed by atoms with Gasteiger partial charge in [0, 0.05) is 5.02 Å². The first-order valence-electron chi connectivity index (χ1n) is 4.89. The molecular weight excluding hydrogens is 192 g/mol. The van der Waals surface area contributed by atoms with Crippen LogP contribution in [-0.4, -0.2) is 0 Å². The van der Waals surface area contributed by atoms with Crippen molar-refractivity contribution in [3.8, 4) is 0 Å². The van der Waals surface area contributed by atoms with Crippen LogP contribution >= 0.6 is 11.6 Å². The highest BCUT2D eigenvalue weighted by molar-refractivity contribution is 6.30. The number of rotatable bonds is 1. The second kappa shape index (κ2) is 4.02. The highest BCUT2D eigenvalue weighted by Gasteiger charge is 2.04. The summed E-state index contributed by atoms with van der Waals surface area (Å²) in [5.74, 6) is 0. The monoisotopic (exact) mass is 204 g/mol. The molecule has 0 aliphatic heterocycles. The highest BCUT2D eigenvalue weighted by Crippen LogP contribution is 2.26. The first-order valence-corrected chi connectivity index (χ1v) is 5.27. The van der Waals surface area contributed by atoms with Crippen LogP contribution in [0.15, 0.2) is 42.0 Å². The normalized spacial score (nSPS) is 16.1. The van der Waals surface area contributed by atoms with Gasteiger partial charge >= 0.3 is 0 Å². The van der Waals surface area contributed by atoms with Crippen molar-refractivity contribution < 1.29 is 0 Å². The molecule has 0 bridgehead atoms. The van der Waals surface area contributed by atoms with Gasteiger partial charge < -0.3 is 0 Å². The highest BCUT2D eigenvalue weighted by atomic mass is 35.5. The Morgan fingerprint density at radius 1 is 1.29 bits per heavy atom. The van der Waals surface area contributed by atoms with Gasteiger partial charge in [-0.2, -0.15) is 0 Å². The molecule has 0 radical (unpaired) electrons. The van der Waals surface area contributed by atoms with Gasteiger partial charge in [0.15, 0.2) is 0 Å². The Morgan fingerprint density at radius 3 is 2.86 bits per heavy atom. The summed E-state index contributed by atoms with van der Waals surface area (Å²) in [5, 5.41) is 0.806. The molecule has 0 unspecified atom stereocenters. The summed E-state index contributed by atoms with van der Waals surface area (Å²) < 4.78 is 0. The van der Waals surface area contributed by atoms with E-state index in [1.807, 2.05) is 18.2 Å². The van der Waals surface area contributed by atoms with Crippen molar-refractivity contribution in [1.29, 1.82) is 0 Å². The number of hydrogen-bond donors (Lipinski definition) is 0. The lowest BCUT2D eigenvalue weighted by Crippen LogP contribution is -1.89. The zero-order chi connectivity index (χ0) is 9.97. The van der Waals surface area contributed by atoms with E-state index in [-0.39, 0.29) is 0 Å². The SMILES string of the molecule is CC1=CC(c2cccc(Cl)c2)=CCC1. The molecular formula is C13H13Cl. The van der Waals surface area contributed by atoms with E-state index in [0.29, 0.717) is 0 Å². The van der Waals surface area contributed by atoms with Crippen molar-refractivity contribution in [2.45, 2.75) is 19.8 Å². The van der Waals surface area contributed by atoms with E-state index >= 15 is 0 Å². The topological polar surface area (TPSA) is 0 Å². The van der Waals surface area contributed by atoms with Crippen molar-refractivity contribution in [3.63, 3.8) is 0 Å². The summed E-state index contributed by atoms with van der Waals surface area (Å²) in [5.41, 5.74) is 3.97. The van der Waals surface area contributed by atoms with E-state index < -0.39 is 0 Å². The van der Waals surface area contributed by atoms with Gasteiger partial charge in [-0.05, 0) is 43.0 Å². The molecule has 1 aromatic carbocycles. The summed E-state index contributed by atoms with van der Waals surface area (Å²) in [4.78, 5) is 0. The Morgan fingerprint density at radius 2 is 2.14 bits per heavy atom. The van der Waals surface area contributed by atoms with Crippen LogP contribution in [0.4, 0.5) is 0 Å². The molecule has 0 heterocycles. The average Bonchev–Trinajstić information content (AvgIpc) is 2.18. The molecule has 0 N–H and O–H groups in total. The van der Waals surface area contributed by atoms with Gasteiger partial charge in [0.2, 0.25) is 0 Å². The minimum Gasteiger partial charge on any atom is -0.0843 e. The third kappa shape index (κ3) is 2.08. The summed E-state index contributed by atoms with van der Waals surface area (Å²) in [6.07, 6.45) is 6.85. The largest absolute Gasteiger partial charge is 0.0843 e. The second-order valence-corrected chi connectivity index (χ2v) is 4.14. The van der Waals surface area contributed by atoms with Crippen LogP contribution in [0.5, 0.6) is 0 Å². The van der Waals surface area contributed by atoms with Gasteiger partial charge in [-0.1, -0.05) is 41.5 Å². The quantitative estimate of drug-likeness (QED) is 0.634. The van der Waals surface area contributed by atoms with Gasteiger partial charge in [0.1, 0.15) is 0 Å². The Balaban J connectivity index is 2.36. The lowest BCUT2D eigenvalue weighted by atomic mass is 9.95. The summed E-state index contributed by atoms with van der Waals surface area (Å²) >= 11 is 5.95. The zero-order valence-corrected chi connectivity index (χ0v) is 9.01. The molecule has 0 nitrogen and oxygen atoms in total. The lowest BCUT2D eigenvalue weighted by Gasteiger charge is -2.10. The predicted octanol–water partition coefficient (Wildman–Crippen LogP) is 4.46.